The second-order valence-corrected chi connectivity index (χ2v) is 7.78. The zero-order valence-electron chi connectivity index (χ0n) is 12.7. The molecule has 0 N–H and O–H groups in total. The first kappa shape index (κ1) is 15.6. The van der Waals surface area contributed by atoms with E-state index < -0.39 is 0 Å². The van der Waals surface area contributed by atoms with Gasteiger partial charge in [-0.3, -0.25) is 9.80 Å². The lowest BCUT2D eigenvalue weighted by molar-refractivity contribution is 0.0816. The van der Waals surface area contributed by atoms with E-state index in [1.807, 2.05) is 0 Å². The highest BCUT2D eigenvalue weighted by atomic mass is 32.2. The molecule has 1 aromatic heterocycles. The normalized spacial score (nSPS) is 22.7. The van der Waals surface area contributed by atoms with Crippen molar-refractivity contribution < 1.29 is 4.52 Å². The van der Waals surface area contributed by atoms with Gasteiger partial charge >= 0.3 is 0 Å². The molecule has 0 unspecified atom stereocenters. The Bertz CT molecular complexity index is 428. The van der Waals surface area contributed by atoms with Gasteiger partial charge in [-0.05, 0) is 30.6 Å². The van der Waals surface area contributed by atoms with Gasteiger partial charge in [-0.15, -0.1) is 0 Å². The molecule has 2 saturated heterocycles. The summed E-state index contributed by atoms with van der Waals surface area (Å²) in [5.41, 5.74) is 0. The van der Waals surface area contributed by atoms with Gasteiger partial charge in [0.05, 0.1) is 12.3 Å². The first-order valence-electron chi connectivity index (χ1n) is 7.69. The molecule has 5 nitrogen and oxygen atoms in total. The molecule has 1 aromatic rings. The number of aromatic nitrogens is 2. The minimum Gasteiger partial charge on any atom is -0.338 e. The predicted octanol–water partition coefficient (Wildman–Crippen LogP) is 1.95. The third-order valence-electron chi connectivity index (χ3n) is 4.26. The predicted molar refractivity (Wildman–Crippen MR) is 88.7 cm³/mol. The number of hydrogen-bond acceptors (Lipinski definition) is 7. The fourth-order valence-corrected chi connectivity index (χ4v) is 4.53. The van der Waals surface area contributed by atoms with Crippen LogP contribution >= 0.6 is 23.5 Å². The number of rotatable bonds is 5. The van der Waals surface area contributed by atoms with Crippen LogP contribution in [0.25, 0.3) is 0 Å². The lowest BCUT2D eigenvalue weighted by Gasteiger charge is -2.40. The third-order valence-corrected chi connectivity index (χ3v) is 5.85. The maximum atomic E-state index is 5.33. The summed E-state index contributed by atoms with van der Waals surface area (Å²) in [6.07, 6.45) is 4.79. The van der Waals surface area contributed by atoms with Crippen LogP contribution in [0.1, 0.15) is 24.6 Å². The van der Waals surface area contributed by atoms with Crippen molar-refractivity contribution in [1.29, 1.82) is 0 Å². The number of piperazine rings is 1. The van der Waals surface area contributed by atoms with Crippen LogP contribution in [-0.4, -0.2) is 69.9 Å². The molecular weight excluding hydrogens is 304 g/mol. The van der Waals surface area contributed by atoms with E-state index in [0.29, 0.717) is 0 Å². The second-order valence-electron chi connectivity index (χ2n) is 5.69. The lowest BCUT2D eigenvalue weighted by Crippen LogP contribution is -2.50. The summed E-state index contributed by atoms with van der Waals surface area (Å²) in [5.74, 6) is 5.09. The summed E-state index contributed by atoms with van der Waals surface area (Å²) in [4.78, 5) is 9.57. The summed E-state index contributed by atoms with van der Waals surface area (Å²) >= 11 is 3.83. The van der Waals surface area contributed by atoms with Gasteiger partial charge in [0.25, 0.3) is 0 Å². The molecular formula is C14H24N4OS2. The Labute approximate surface area is 135 Å². The van der Waals surface area contributed by atoms with E-state index in [1.165, 1.54) is 37.4 Å². The number of nitrogens with zero attached hydrogens (tertiary/aromatic N) is 4. The van der Waals surface area contributed by atoms with Crippen LogP contribution in [0.4, 0.5) is 0 Å². The molecule has 0 aromatic carbocycles. The topological polar surface area (TPSA) is 45.4 Å². The summed E-state index contributed by atoms with van der Waals surface area (Å²) in [6, 6.07) is 0.824. The van der Waals surface area contributed by atoms with Crippen molar-refractivity contribution in [2.75, 3.05) is 43.9 Å². The van der Waals surface area contributed by atoms with Gasteiger partial charge in [0.1, 0.15) is 0 Å². The molecule has 2 aliphatic rings. The Morgan fingerprint density at radius 2 is 2.00 bits per heavy atom. The van der Waals surface area contributed by atoms with Crippen LogP contribution in [0.15, 0.2) is 4.52 Å². The van der Waals surface area contributed by atoms with Crippen molar-refractivity contribution in [3.8, 4) is 0 Å². The van der Waals surface area contributed by atoms with Crippen molar-refractivity contribution in [2.45, 2.75) is 31.2 Å². The van der Waals surface area contributed by atoms with Crippen LogP contribution in [0, 0.1) is 0 Å². The molecule has 2 aliphatic heterocycles. The maximum Gasteiger partial charge on any atom is 0.240 e. The van der Waals surface area contributed by atoms with Gasteiger partial charge < -0.3 is 4.52 Å². The SMILES string of the molecule is CSCc1noc(CN2CCN(C3CCSCC3)CC2)n1. The van der Waals surface area contributed by atoms with Gasteiger partial charge in [-0.2, -0.15) is 28.5 Å². The summed E-state index contributed by atoms with van der Waals surface area (Å²) in [5, 5.41) is 4.01. The zero-order valence-corrected chi connectivity index (χ0v) is 14.3. The number of thioether (sulfide) groups is 2. The molecule has 0 radical (unpaired) electrons. The molecule has 0 spiro atoms. The fourth-order valence-electron chi connectivity index (χ4n) is 3.07. The van der Waals surface area contributed by atoms with Crippen molar-refractivity contribution >= 4 is 23.5 Å². The fraction of sp³-hybridized carbons (Fsp3) is 0.857. The Hall–Kier alpha value is -0.240. The lowest BCUT2D eigenvalue weighted by atomic mass is 10.1. The van der Waals surface area contributed by atoms with Crippen LogP contribution in [0.3, 0.4) is 0 Å². The standard InChI is InChI=1S/C14H24N4OS2/c1-20-11-13-15-14(19-16-13)10-17-4-6-18(7-5-17)12-2-8-21-9-3-12/h12H,2-11H2,1H3. The Morgan fingerprint density at radius 3 is 2.71 bits per heavy atom. The molecule has 0 amide bonds. The highest BCUT2D eigenvalue weighted by Crippen LogP contribution is 2.23. The molecule has 118 valence electrons. The van der Waals surface area contributed by atoms with Gasteiger partial charge in [-0.1, -0.05) is 5.16 Å². The Kier molecular flexibility index (Phi) is 5.85. The van der Waals surface area contributed by atoms with Gasteiger partial charge in [0, 0.05) is 32.2 Å². The largest absolute Gasteiger partial charge is 0.338 e. The quantitative estimate of drug-likeness (QED) is 0.818. The first-order chi connectivity index (χ1) is 10.3. The Morgan fingerprint density at radius 1 is 1.24 bits per heavy atom. The highest BCUT2D eigenvalue weighted by Gasteiger charge is 2.25. The van der Waals surface area contributed by atoms with Crippen LogP contribution < -0.4 is 0 Å². The summed E-state index contributed by atoms with van der Waals surface area (Å²) in [7, 11) is 0. The van der Waals surface area contributed by atoms with E-state index in [-0.39, 0.29) is 0 Å². The summed E-state index contributed by atoms with van der Waals surface area (Å²) < 4.78 is 5.33. The van der Waals surface area contributed by atoms with Crippen LogP contribution in [-0.2, 0) is 12.3 Å². The van der Waals surface area contributed by atoms with Crippen molar-refractivity contribution in [3.05, 3.63) is 11.7 Å². The zero-order chi connectivity index (χ0) is 14.5. The number of hydrogen-bond donors (Lipinski definition) is 0. The molecule has 21 heavy (non-hydrogen) atoms. The molecule has 0 aliphatic carbocycles. The monoisotopic (exact) mass is 328 g/mol. The molecule has 0 atom stereocenters. The minimum absolute atomic E-state index is 0.765. The smallest absolute Gasteiger partial charge is 0.240 e. The first-order valence-corrected chi connectivity index (χ1v) is 10.2. The molecule has 2 fully saturated rings. The van der Waals surface area contributed by atoms with E-state index in [0.717, 1.165) is 43.1 Å². The van der Waals surface area contributed by atoms with Crippen molar-refractivity contribution in [3.63, 3.8) is 0 Å². The van der Waals surface area contributed by atoms with Crippen LogP contribution in [0.2, 0.25) is 0 Å². The van der Waals surface area contributed by atoms with Gasteiger partial charge in [-0.25, -0.2) is 0 Å². The van der Waals surface area contributed by atoms with Crippen LogP contribution in [0.5, 0.6) is 0 Å². The third kappa shape index (κ3) is 4.37. The maximum absolute atomic E-state index is 5.33. The molecule has 7 heteroatoms. The second kappa shape index (κ2) is 7.85. The molecule has 3 heterocycles. The average Bonchev–Trinajstić information content (AvgIpc) is 2.97. The van der Waals surface area contributed by atoms with E-state index in [9.17, 15) is 0 Å². The molecule has 0 bridgehead atoms. The van der Waals surface area contributed by atoms with Crippen molar-refractivity contribution in [2.24, 2.45) is 0 Å². The van der Waals surface area contributed by atoms with E-state index in [2.05, 4.69) is 38.0 Å². The van der Waals surface area contributed by atoms with Gasteiger partial charge in [0.15, 0.2) is 5.82 Å². The van der Waals surface area contributed by atoms with E-state index in [1.54, 1.807) is 11.8 Å². The van der Waals surface area contributed by atoms with Crippen molar-refractivity contribution in [1.82, 2.24) is 19.9 Å². The Balaban J connectivity index is 1.44. The minimum atomic E-state index is 0.765. The molecule has 3 rings (SSSR count). The van der Waals surface area contributed by atoms with E-state index in [4.69, 9.17) is 4.52 Å². The highest BCUT2D eigenvalue weighted by molar-refractivity contribution is 7.99. The summed E-state index contributed by atoms with van der Waals surface area (Å²) in [6.45, 7) is 5.39. The van der Waals surface area contributed by atoms with E-state index >= 15 is 0 Å². The molecule has 0 saturated carbocycles. The average molecular weight is 329 g/mol. The van der Waals surface area contributed by atoms with Gasteiger partial charge in [0.2, 0.25) is 5.89 Å².